The maximum atomic E-state index is 14.3. The Morgan fingerprint density at radius 3 is 2.36 bits per heavy atom. The van der Waals surface area contributed by atoms with Crippen molar-refractivity contribution in [3.63, 3.8) is 0 Å². The molecule has 1 fully saturated rings. The molecule has 0 spiro atoms. The number of allylic oxidation sites excluding steroid dienone is 1. The van der Waals surface area contributed by atoms with Gasteiger partial charge >= 0.3 is 6.09 Å². The molecule has 2 aromatic rings. The predicted molar refractivity (Wildman–Crippen MR) is 130 cm³/mol. The molecule has 0 N–H and O–H groups in total. The fourth-order valence-electron chi connectivity index (χ4n) is 3.48. The molecule has 1 amide bonds. The van der Waals surface area contributed by atoms with E-state index in [-0.39, 0.29) is 11.7 Å². The normalized spacial score (nSPS) is 14.5. The number of carbonyl (C=O) groups is 2. The van der Waals surface area contributed by atoms with Crippen molar-refractivity contribution >= 4 is 39.6 Å². The number of methoxy groups -OCH3 is 1. The summed E-state index contributed by atoms with van der Waals surface area (Å²) < 4.78 is 25.6. The van der Waals surface area contributed by atoms with E-state index in [4.69, 9.17) is 9.47 Å². The van der Waals surface area contributed by atoms with Gasteiger partial charge < -0.3 is 19.3 Å². The first-order valence-electron chi connectivity index (χ1n) is 10.7. The van der Waals surface area contributed by atoms with E-state index in [1.165, 1.54) is 25.3 Å². The molecule has 33 heavy (non-hydrogen) atoms. The number of ether oxygens (including phenoxy) is 2. The molecule has 0 atom stereocenters. The quantitative estimate of drug-likeness (QED) is 0.383. The lowest BCUT2D eigenvalue weighted by Gasteiger charge is -2.37. The fourth-order valence-corrected chi connectivity index (χ4v) is 3.86. The molecular weight excluding hydrogens is 491 g/mol. The number of halogens is 2. The van der Waals surface area contributed by atoms with Gasteiger partial charge in [0.05, 0.1) is 12.7 Å². The summed E-state index contributed by atoms with van der Waals surface area (Å²) in [5.74, 6) is -0.708. The molecule has 3 rings (SSSR count). The van der Waals surface area contributed by atoms with Gasteiger partial charge in [-0.05, 0) is 68.8 Å². The molecule has 0 radical (unpaired) electrons. The van der Waals surface area contributed by atoms with E-state index >= 15 is 0 Å². The molecule has 1 aliphatic rings. The van der Waals surface area contributed by atoms with Gasteiger partial charge in [0.2, 0.25) is 0 Å². The summed E-state index contributed by atoms with van der Waals surface area (Å²) in [6, 6.07) is 9.96. The summed E-state index contributed by atoms with van der Waals surface area (Å²) in [4.78, 5) is 28.8. The molecule has 2 aromatic carbocycles. The zero-order valence-corrected chi connectivity index (χ0v) is 20.8. The van der Waals surface area contributed by atoms with E-state index in [1.807, 2.05) is 39.0 Å². The molecule has 0 aliphatic carbocycles. The molecule has 0 aromatic heterocycles. The summed E-state index contributed by atoms with van der Waals surface area (Å²) in [6.07, 6.45) is 2.74. The Hall–Kier alpha value is -2.87. The summed E-state index contributed by atoms with van der Waals surface area (Å²) >= 11 is 3.48. The van der Waals surface area contributed by atoms with E-state index in [9.17, 15) is 14.0 Å². The third kappa shape index (κ3) is 6.57. The first-order chi connectivity index (χ1) is 15.6. The minimum Gasteiger partial charge on any atom is -0.497 e. The number of carbonyl (C=O) groups excluding carboxylic acids is 2. The van der Waals surface area contributed by atoms with Gasteiger partial charge in [0.15, 0.2) is 5.78 Å². The van der Waals surface area contributed by atoms with E-state index in [2.05, 4.69) is 20.8 Å². The maximum Gasteiger partial charge on any atom is 0.410 e. The van der Waals surface area contributed by atoms with Crippen LogP contribution in [0.4, 0.5) is 14.9 Å². The second-order valence-electron chi connectivity index (χ2n) is 8.70. The number of hydrogen-bond donors (Lipinski definition) is 0. The Bertz CT molecular complexity index is 1060. The Balaban J connectivity index is 1.74. The average Bonchev–Trinajstić information content (AvgIpc) is 2.76. The minimum atomic E-state index is -0.628. The van der Waals surface area contributed by atoms with Gasteiger partial charge in [-0.25, -0.2) is 9.18 Å². The molecule has 176 valence electrons. The van der Waals surface area contributed by atoms with Crippen molar-refractivity contribution in [3.05, 3.63) is 63.9 Å². The van der Waals surface area contributed by atoms with Crippen molar-refractivity contribution in [2.45, 2.75) is 26.4 Å². The third-order valence-corrected chi connectivity index (χ3v) is 5.61. The summed E-state index contributed by atoms with van der Waals surface area (Å²) in [5.41, 5.74) is 1.20. The number of benzene rings is 2. The van der Waals surface area contributed by atoms with Crippen LogP contribution in [-0.2, 0) is 4.74 Å². The van der Waals surface area contributed by atoms with Gasteiger partial charge in [-0.1, -0.05) is 15.9 Å². The molecular formula is C25H28BrFN2O4. The van der Waals surface area contributed by atoms with Crippen LogP contribution in [0.5, 0.6) is 5.75 Å². The number of hydrogen-bond acceptors (Lipinski definition) is 5. The van der Waals surface area contributed by atoms with Crippen molar-refractivity contribution in [2.24, 2.45) is 0 Å². The van der Waals surface area contributed by atoms with Gasteiger partial charge in [-0.15, -0.1) is 0 Å². The zero-order valence-electron chi connectivity index (χ0n) is 19.2. The molecule has 0 saturated carbocycles. The topological polar surface area (TPSA) is 59.1 Å². The number of ketones is 1. The van der Waals surface area contributed by atoms with Crippen LogP contribution in [0.2, 0.25) is 0 Å². The molecule has 1 heterocycles. The molecule has 8 heteroatoms. The second kappa shape index (κ2) is 10.4. The average molecular weight is 519 g/mol. The number of anilines is 1. The monoisotopic (exact) mass is 518 g/mol. The Kier molecular flexibility index (Phi) is 7.79. The van der Waals surface area contributed by atoms with Crippen molar-refractivity contribution in [1.82, 2.24) is 4.90 Å². The number of amides is 1. The molecule has 1 aliphatic heterocycles. The highest BCUT2D eigenvalue weighted by Crippen LogP contribution is 2.28. The van der Waals surface area contributed by atoms with Crippen LogP contribution in [0.25, 0.3) is 6.08 Å². The van der Waals surface area contributed by atoms with Crippen LogP contribution in [0.3, 0.4) is 0 Å². The lowest BCUT2D eigenvalue weighted by Crippen LogP contribution is -2.50. The van der Waals surface area contributed by atoms with Crippen molar-refractivity contribution in [2.75, 3.05) is 38.2 Å². The van der Waals surface area contributed by atoms with E-state index in [0.29, 0.717) is 31.9 Å². The summed E-state index contributed by atoms with van der Waals surface area (Å²) in [6.45, 7) is 7.86. The molecule has 6 nitrogen and oxygen atoms in total. The SMILES string of the molecule is COc1ccc(C(=O)C=Cc2cc(Br)ccc2N2CCN(C(=O)OC(C)(C)C)CC2)c(F)c1. The van der Waals surface area contributed by atoms with Crippen LogP contribution >= 0.6 is 15.9 Å². The van der Waals surface area contributed by atoms with Gasteiger partial charge in [0.1, 0.15) is 17.2 Å². The second-order valence-corrected chi connectivity index (χ2v) is 9.62. The summed E-state index contributed by atoms with van der Waals surface area (Å²) in [5, 5.41) is 0. The Morgan fingerprint density at radius 2 is 1.76 bits per heavy atom. The number of nitrogens with zero attached hydrogens (tertiary/aromatic N) is 2. The highest BCUT2D eigenvalue weighted by molar-refractivity contribution is 9.10. The van der Waals surface area contributed by atoms with Crippen molar-refractivity contribution in [3.8, 4) is 5.75 Å². The first kappa shape index (κ1) is 24.8. The highest BCUT2D eigenvalue weighted by Gasteiger charge is 2.26. The largest absolute Gasteiger partial charge is 0.497 e. The third-order valence-electron chi connectivity index (χ3n) is 5.12. The van der Waals surface area contributed by atoms with Crippen LogP contribution in [0.1, 0.15) is 36.7 Å². The minimum absolute atomic E-state index is 0.0189. The number of rotatable bonds is 5. The molecule has 1 saturated heterocycles. The smallest absolute Gasteiger partial charge is 0.410 e. The standard InChI is InChI=1S/C25H28BrFN2O4/c1-25(2,3)33-24(31)29-13-11-28(12-14-29)22-9-6-18(26)15-17(22)5-10-23(30)20-8-7-19(32-4)16-21(20)27/h5-10,15-16H,11-14H2,1-4H3. The Morgan fingerprint density at radius 1 is 1.06 bits per heavy atom. The van der Waals surface area contributed by atoms with Crippen LogP contribution in [0, 0.1) is 5.82 Å². The molecule has 0 bridgehead atoms. The van der Waals surface area contributed by atoms with E-state index in [1.54, 1.807) is 17.0 Å². The maximum absolute atomic E-state index is 14.3. The lowest BCUT2D eigenvalue weighted by atomic mass is 10.1. The highest BCUT2D eigenvalue weighted by atomic mass is 79.9. The van der Waals surface area contributed by atoms with Gasteiger partial charge in [-0.3, -0.25) is 4.79 Å². The number of piperazine rings is 1. The molecule has 0 unspecified atom stereocenters. The first-order valence-corrected chi connectivity index (χ1v) is 11.4. The van der Waals surface area contributed by atoms with Crippen LogP contribution in [0.15, 0.2) is 46.9 Å². The van der Waals surface area contributed by atoms with Gasteiger partial charge in [0.25, 0.3) is 0 Å². The Labute approximate surface area is 202 Å². The zero-order chi connectivity index (χ0) is 24.2. The predicted octanol–water partition coefficient (Wildman–Crippen LogP) is 5.55. The van der Waals surface area contributed by atoms with Crippen LogP contribution < -0.4 is 9.64 Å². The van der Waals surface area contributed by atoms with Gasteiger partial charge in [0, 0.05) is 42.4 Å². The van der Waals surface area contributed by atoms with Crippen LogP contribution in [-0.4, -0.2) is 55.7 Å². The fraction of sp³-hybridized carbons (Fsp3) is 0.360. The lowest BCUT2D eigenvalue weighted by molar-refractivity contribution is 0.0240. The van der Waals surface area contributed by atoms with Gasteiger partial charge in [-0.2, -0.15) is 0 Å². The van der Waals surface area contributed by atoms with Crippen molar-refractivity contribution in [1.29, 1.82) is 0 Å². The van der Waals surface area contributed by atoms with Crippen molar-refractivity contribution < 1.29 is 23.5 Å². The summed E-state index contributed by atoms with van der Waals surface area (Å²) in [7, 11) is 1.44. The van der Waals surface area contributed by atoms with E-state index < -0.39 is 17.2 Å². The van der Waals surface area contributed by atoms with E-state index in [0.717, 1.165) is 15.7 Å².